The second-order valence-electron chi connectivity index (χ2n) is 6.56. The zero-order valence-corrected chi connectivity index (χ0v) is 16.2. The molecule has 1 aliphatic heterocycles. The van der Waals surface area contributed by atoms with Gasteiger partial charge in [-0.15, -0.1) is 23.1 Å². The van der Waals surface area contributed by atoms with Crippen molar-refractivity contribution in [3.05, 3.63) is 59.1 Å². The van der Waals surface area contributed by atoms with Crippen molar-refractivity contribution in [1.82, 2.24) is 9.88 Å². The molecule has 1 amide bonds. The van der Waals surface area contributed by atoms with Crippen LogP contribution in [0.2, 0.25) is 0 Å². The summed E-state index contributed by atoms with van der Waals surface area (Å²) in [5.41, 5.74) is 1.01. The van der Waals surface area contributed by atoms with Gasteiger partial charge in [0.1, 0.15) is 0 Å². The largest absolute Gasteiger partial charge is 0.341 e. The van der Waals surface area contributed by atoms with E-state index in [0.29, 0.717) is 11.4 Å². The Morgan fingerprint density at radius 3 is 2.89 bits per heavy atom. The number of rotatable bonds is 4. The number of nitrogens with zero attached hydrogens (tertiary/aromatic N) is 2. The zero-order valence-electron chi connectivity index (χ0n) is 14.5. The van der Waals surface area contributed by atoms with Gasteiger partial charge < -0.3 is 4.90 Å². The molecule has 0 N–H and O–H groups in total. The van der Waals surface area contributed by atoms with Crippen LogP contribution in [0.25, 0.3) is 10.2 Å². The monoisotopic (exact) mass is 404 g/mol. The molecule has 0 radical (unpaired) electrons. The van der Waals surface area contributed by atoms with Gasteiger partial charge in [0, 0.05) is 23.9 Å². The van der Waals surface area contributed by atoms with Crippen molar-refractivity contribution < 1.29 is 13.6 Å². The lowest BCUT2D eigenvalue weighted by Crippen LogP contribution is -2.40. The van der Waals surface area contributed by atoms with Crippen LogP contribution in [-0.4, -0.2) is 34.6 Å². The van der Waals surface area contributed by atoms with Crippen LogP contribution < -0.4 is 0 Å². The van der Waals surface area contributed by atoms with Gasteiger partial charge in [-0.2, -0.15) is 0 Å². The van der Waals surface area contributed by atoms with Gasteiger partial charge in [-0.1, -0.05) is 12.1 Å². The second-order valence-corrected chi connectivity index (χ2v) is 8.67. The van der Waals surface area contributed by atoms with Crippen LogP contribution in [0.5, 0.6) is 0 Å². The van der Waals surface area contributed by atoms with E-state index < -0.39 is 11.6 Å². The molecule has 3 nitrogen and oxygen atoms in total. The highest BCUT2D eigenvalue weighted by atomic mass is 32.2. The molecule has 1 saturated heterocycles. The van der Waals surface area contributed by atoms with E-state index in [0.717, 1.165) is 42.0 Å². The third-order valence-electron chi connectivity index (χ3n) is 4.69. The summed E-state index contributed by atoms with van der Waals surface area (Å²) in [7, 11) is 0. The van der Waals surface area contributed by atoms with E-state index in [1.807, 2.05) is 23.1 Å². The van der Waals surface area contributed by atoms with Crippen LogP contribution in [0, 0.1) is 11.6 Å². The third kappa shape index (κ3) is 4.14. The molecule has 0 aliphatic carbocycles. The molecule has 1 atom stereocenters. The Labute approximate surface area is 164 Å². The Morgan fingerprint density at radius 2 is 2.07 bits per heavy atom. The Kier molecular flexibility index (Phi) is 5.41. The van der Waals surface area contributed by atoms with Crippen molar-refractivity contribution in [2.45, 2.75) is 23.7 Å². The summed E-state index contributed by atoms with van der Waals surface area (Å²) in [6.45, 7) is 1.40. The van der Waals surface area contributed by atoms with Gasteiger partial charge in [0.05, 0.1) is 21.0 Å². The van der Waals surface area contributed by atoms with Crippen LogP contribution in [0.1, 0.15) is 23.8 Å². The maximum Gasteiger partial charge on any atom is 0.232 e. The number of hydrogen-bond acceptors (Lipinski definition) is 4. The van der Waals surface area contributed by atoms with Gasteiger partial charge in [-0.05, 0) is 43.2 Å². The molecular formula is C20H18F2N2OS2. The van der Waals surface area contributed by atoms with Gasteiger partial charge in [0.15, 0.2) is 11.6 Å². The third-order valence-corrected chi connectivity index (χ3v) is 6.86. The first kappa shape index (κ1) is 18.4. The number of aromatic nitrogens is 1. The van der Waals surface area contributed by atoms with Crippen molar-refractivity contribution in [1.29, 1.82) is 0 Å². The van der Waals surface area contributed by atoms with Crippen molar-refractivity contribution in [2.75, 3.05) is 18.8 Å². The highest BCUT2D eigenvalue weighted by molar-refractivity contribution is 8.00. The summed E-state index contributed by atoms with van der Waals surface area (Å²) in [5.74, 6) is -1.26. The molecular weight excluding hydrogens is 386 g/mol. The minimum Gasteiger partial charge on any atom is -0.341 e. The van der Waals surface area contributed by atoms with Gasteiger partial charge >= 0.3 is 0 Å². The Bertz CT molecular complexity index is 943. The van der Waals surface area contributed by atoms with Crippen molar-refractivity contribution in [3.8, 4) is 0 Å². The molecule has 140 valence electrons. The first-order valence-electron chi connectivity index (χ1n) is 8.81. The molecule has 0 unspecified atom stereocenters. The number of carbonyl (C=O) groups is 1. The molecule has 27 heavy (non-hydrogen) atoms. The summed E-state index contributed by atoms with van der Waals surface area (Å²) < 4.78 is 27.5. The number of piperidine rings is 1. The van der Waals surface area contributed by atoms with Crippen LogP contribution in [-0.2, 0) is 4.79 Å². The van der Waals surface area contributed by atoms with E-state index in [1.54, 1.807) is 11.3 Å². The summed E-state index contributed by atoms with van der Waals surface area (Å²) >= 11 is 2.93. The molecule has 2 aromatic carbocycles. The molecule has 3 aromatic rings. The molecule has 1 aromatic heterocycles. The topological polar surface area (TPSA) is 33.2 Å². The van der Waals surface area contributed by atoms with Crippen molar-refractivity contribution in [3.63, 3.8) is 0 Å². The van der Waals surface area contributed by atoms with E-state index in [4.69, 9.17) is 4.98 Å². The minimum atomic E-state index is -0.888. The molecule has 0 saturated carbocycles. The van der Waals surface area contributed by atoms with Crippen LogP contribution in [0.15, 0.2) is 47.4 Å². The summed E-state index contributed by atoms with van der Waals surface area (Å²) in [6, 6.07) is 11.8. The smallest absolute Gasteiger partial charge is 0.232 e. The van der Waals surface area contributed by atoms with Gasteiger partial charge in [0.25, 0.3) is 0 Å². The Morgan fingerprint density at radius 1 is 1.22 bits per heavy atom. The Hall–Kier alpha value is -1.99. The van der Waals surface area contributed by atoms with Crippen molar-refractivity contribution in [2.24, 2.45) is 0 Å². The molecule has 1 fully saturated rings. The minimum absolute atomic E-state index is 0.0237. The number of para-hydroxylation sites is 1. The lowest BCUT2D eigenvalue weighted by Gasteiger charge is -2.31. The van der Waals surface area contributed by atoms with E-state index in [-0.39, 0.29) is 17.6 Å². The SMILES string of the molecule is O=C(CSc1ccc(F)c(F)c1)N1CCC[C@@H](c2nc3ccccc3s2)C1. The fourth-order valence-electron chi connectivity index (χ4n) is 3.27. The maximum absolute atomic E-state index is 13.3. The second kappa shape index (κ2) is 7.94. The number of carbonyl (C=O) groups excluding carboxylic acids is 1. The summed E-state index contributed by atoms with van der Waals surface area (Å²) in [6.07, 6.45) is 1.97. The van der Waals surface area contributed by atoms with E-state index in [1.165, 1.54) is 22.5 Å². The quantitative estimate of drug-likeness (QED) is 0.569. The fraction of sp³-hybridized carbons (Fsp3) is 0.300. The molecule has 0 spiro atoms. The molecule has 4 rings (SSSR count). The average molecular weight is 405 g/mol. The Balaban J connectivity index is 1.39. The predicted molar refractivity (Wildman–Crippen MR) is 105 cm³/mol. The maximum atomic E-state index is 13.3. The first-order valence-corrected chi connectivity index (χ1v) is 10.6. The number of likely N-dealkylation sites (tertiary alicyclic amines) is 1. The van der Waals surface area contributed by atoms with Crippen LogP contribution in [0.4, 0.5) is 8.78 Å². The molecule has 2 heterocycles. The van der Waals surface area contributed by atoms with Gasteiger partial charge in [-0.3, -0.25) is 4.79 Å². The van der Waals surface area contributed by atoms with Crippen molar-refractivity contribution >= 4 is 39.2 Å². The average Bonchev–Trinajstić information content (AvgIpc) is 3.13. The number of hydrogen-bond donors (Lipinski definition) is 0. The highest BCUT2D eigenvalue weighted by Crippen LogP contribution is 2.33. The van der Waals surface area contributed by atoms with E-state index in [9.17, 15) is 13.6 Å². The summed E-state index contributed by atoms with van der Waals surface area (Å²) in [4.78, 5) is 19.8. The number of fused-ring (bicyclic) bond motifs is 1. The fourth-order valence-corrected chi connectivity index (χ4v) is 5.19. The molecule has 0 bridgehead atoms. The number of thioether (sulfide) groups is 1. The van der Waals surface area contributed by atoms with E-state index >= 15 is 0 Å². The molecule has 7 heteroatoms. The number of benzene rings is 2. The summed E-state index contributed by atoms with van der Waals surface area (Å²) in [5, 5.41) is 1.09. The number of amides is 1. The van der Waals surface area contributed by atoms with E-state index in [2.05, 4.69) is 6.07 Å². The lowest BCUT2D eigenvalue weighted by atomic mass is 9.99. The number of thiazole rings is 1. The normalized spacial score (nSPS) is 17.4. The predicted octanol–water partition coefficient (Wildman–Crippen LogP) is 5.07. The first-order chi connectivity index (χ1) is 13.1. The molecule has 1 aliphatic rings. The van der Waals surface area contributed by atoms with Gasteiger partial charge in [-0.25, -0.2) is 13.8 Å². The lowest BCUT2D eigenvalue weighted by molar-refractivity contribution is -0.129. The van der Waals surface area contributed by atoms with Gasteiger partial charge in [0.2, 0.25) is 5.91 Å². The van der Waals surface area contributed by atoms with Crippen LogP contribution >= 0.6 is 23.1 Å². The van der Waals surface area contributed by atoms with Crippen LogP contribution in [0.3, 0.4) is 0 Å². The number of halogens is 2. The standard InChI is InChI=1S/C20H18F2N2OS2/c21-15-8-7-14(10-16(15)22)26-12-19(25)24-9-3-4-13(11-24)20-23-17-5-1-2-6-18(17)27-20/h1-2,5-8,10,13H,3-4,9,11-12H2/t13-/m1/s1. The zero-order chi connectivity index (χ0) is 18.8. The highest BCUT2D eigenvalue weighted by Gasteiger charge is 2.26.